The Balaban J connectivity index is 1.33. The highest BCUT2D eigenvalue weighted by atomic mass is 32.2. The van der Waals surface area contributed by atoms with Gasteiger partial charge in [0.1, 0.15) is 5.69 Å². The molecule has 2 N–H and O–H groups in total. The van der Waals surface area contributed by atoms with E-state index in [1.807, 2.05) is 48.7 Å². The number of anilines is 1. The van der Waals surface area contributed by atoms with Gasteiger partial charge in [-0.15, -0.1) is 16.4 Å². The molecule has 0 atom stereocenters. The predicted molar refractivity (Wildman–Crippen MR) is 106 cm³/mol. The minimum absolute atomic E-state index is 0.169. The van der Waals surface area contributed by atoms with Gasteiger partial charge < -0.3 is 4.52 Å². The summed E-state index contributed by atoms with van der Waals surface area (Å²) in [5.41, 5.74) is 2.77. The van der Waals surface area contributed by atoms with Crippen LogP contribution < -0.4 is 5.32 Å². The highest BCUT2D eigenvalue weighted by Gasteiger charge is 2.12. The zero-order valence-corrected chi connectivity index (χ0v) is 15.9. The number of nitrogens with zero attached hydrogens (tertiary/aromatic N) is 3. The standard InChI is InChI=1S/C18H15N5O2S2/c1-11-4-6-12(7-5-11)13-9-16(25-23-13)19-15(24)10-27-18-20-17(21-22-18)14-3-2-8-26-14/h2-9H,10H2,1H3,(H,19,24)(H,20,21,22). The van der Waals surface area contributed by atoms with Crippen LogP contribution in [0.5, 0.6) is 0 Å². The quantitative estimate of drug-likeness (QED) is 0.473. The molecule has 1 aromatic carbocycles. The highest BCUT2D eigenvalue weighted by Crippen LogP contribution is 2.24. The molecule has 0 saturated carbocycles. The lowest BCUT2D eigenvalue weighted by Gasteiger charge is -1.98. The minimum Gasteiger partial charge on any atom is -0.338 e. The van der Waals surface area contributed by atoms with Crippen LogP contribution in [0.3, 0.4) is 0 Å². The van der Waals surface area contributed by atoms with Gasteiger partial charge in [0.05, 0.1) is 10.6 Å². The number of hydrogen-bond donors (Lipinski definition) is 2. The number of thioether (sulfide) groups is 1. The van der Waals surface area contributed by atoms with Crippen molar-refractivity contribution in [2.45, 2.75) is 12.1 Å². The van der Waals surface area contributed by atoms with E-state index in [2.05, 4.69) is 25.7 Å². The number of thiophene rings is 1. The van der Waals surface area contributed by atoms with Crippen LogP contribution in [0.15, 0.2) is 57.5 Å². The van der Waals surface area contributed by atoms with Gasteiger partial charge in [0, 0.05) is 11.6 Å². The molecule has 4 rings (SSSR count). The van der Waals surface area contributed by atoms with Crippen molar-refractivity contribution in [2.24, 2.45) is 0 Å². The summed E-state index contributed by atoms with van der Waals surface area (Å²) in [5, 5.41) is 16.2. The molecule has 0 bridgehead atoms. The van der Waals surface area contributed by atoms with Gasteiger partial charge in [-0.2, -0.15) is 0 Å². The lowest BCUT2D eigenvalue weighted by Crippen LogP contribution is -2.13. The monoisotopic (exact) mass is 397 g/mol. The molecule has 3 aromatic heterocycles. The second-order valence-electron chi connectivity index (χ2n) is 5.72. The van der Waals surface area contributed by atoms with Crippen molar-refractivity contribution in [3.63, 3.8) is 0 Å². The lowest BCUT2D eigenvalue weighted by atomic mass is 10.1. The predicted octanol–water partition coefficient (Wildman–Crippen LogP) is 4.23. The van der Waals surface area contributed by atoms with E-state index in [1.165, 1.54) is 17.3 Å². The fourth-order valence-electron chi connectivity index (χ4n) is 2.33. The summed E-state index contributed by atoms with van der Waals surface area (Å²) in [4.78, 5) is 17.5. The Morgan fingerprint density at radius 1 is 1.30 bits per heavy atom. The van der Waals surface area contributed by atoms with Crippen molar-refractivity contribution in [3.8, 4) is 22.0 Å². The number of carbonyl (C=O) groups excluding carboxylic acids is 1. The fourth-order valence-corrected chi connectivity index (χ4v) is 3.59. The number of rotatable bonds is 6. The molecule has 4 aromatic rings. The van der Waals surface area contributed by atoms with Gasteiger partial charge >= 0.3 is 0 Å². The van der Waals surface area contributed by atoms with Crippen LogP contribution in [0.4, 0.5) is 5.88 Å². The summed E-state index contributed by atoms with van der Waals surface area (Å²) >= 11 is 2.82. The highest BCUT2D eigenvalue weighted by molar-refractivity contribution is 7.99. The zero-order chi connectivity index (χ0) is 18.6. The molecule has 0 unspecified atom stereocenters. The number of aromatic amines is 1. The van der Waals surface area contributed by atoms with Gasteiger partial charge in [-0.3, -0.25) is 15.2 Å². The van der Waals surface area contributed by atoms with Gasteiger partial charge in [-0.25, -0.2) is 4.98 Å². The smallest absolute Gasteiger partial charge is 0.237 e. The summed E-state index contributed by atoms with van der Waals surface area (Å²) in [5.74, 6) is 0.966. The van der Waals surface area contributed by atoms with E-state index >= 15 is 0 Å². The van der Waals surface area contributed by atoms with E-state index < -0.39 is 0 Å². The van der Waals surface area contributed by atoms with Crippen molar-refractivity contribution in [1.29, 1.82) is 0 Å². The zero-order valence-electron chi connectivity index (χ0n) is 14.3. The maximum Gasteiger partial charge on any atom is 0.237 e. The third kappa shape index (κ3) is 4.26. The first-order valence-corrected chi connectivity index (χ1v) is 9.96. The number of carbonyl (C=O) groups is 1. The van der Waals surface area contributed by atoms with Gasteiger partial charge in [-0.05, 0) is 18.4 Å². The van der Waals surface area contributed by atoms with Gasteiger partial charge in [0.25, 0.3) is 0 Å². The average molecular weight is 397 g/mol. The van der Waals surface area contributed by atoms with E-state index in [0.29, 0.717) is 22.6 Å². The minimum atomic E-state index is -0.214. The Morgan fingerprint density at radius 3 is 2.93 bits per heavy atom. The maximum absolute atomic E-state index is 12.1. The van der Waals surface area contributed by atoms with Gasteiger partial charge in [0.2, 0.25) is 16.9 Å². The molecule has 27 heavy (non-hydrogen) atoms. The summed E-state index contributed by atoms with van der Waals surface area (Å²) in [6.07, 6.45) is 0. The number of amides is 1. The molecular formula is C18H15N5O2S2. The molecule has 7 nitrogen and oxygen atoms in total. The van der Waals surface area contributed by atoms with Crippen molar-refractivity contribution >= 4 is 34.9 Å². The average Bonchev–Trinajstić information content (AvgIpc) is 3.42. The van der Waals surface area contributed by atoms with E-state index in [4.69, 9.17) is 4.52 Å². The second-order valence-corrected chi connectivity index (χ2v) is 7.61. The molecule has 0 aliphatic carbocycles. The van der Waals surface area contributed by atoms with E-state index in [9.17, 15) is 4.79 Å². The third-order valence-corrected chi connectivity index (χ3v) is 5.40. The van der Waals surface area contributed by atoms with Crippen molar-refractivity contribution in [3.05, 3.63) is 53.4 Å². The normalized spacial score (nSPS) is 10.9. The summed E-state index contributed by atoms with van der Waals surface area (Å²) < 4.78 is 5.20. The topological polar surface area (TPSA) is 96.7 Å². The third-order valence-electron chi connectivity index (χ3n) is 3.67. The van der Waals surface area contributed by atoms with Gasteiger partial charge in [0.15, 0.2) is 5.82 Å². The Bertz CT molecular complexity index is 1040. The van der Waals surface area contributed by atoms with Crippen molar-refractivity contribution < 1.29 is 9.32 Å². The first-order valence-electron chi connectivity index (χ1n) is 8.10. The van der Waals surface area contributed by atoms with E-state index in [0.717, 1.165) is 10.4 Å². The number of aryl methyl sites for hydroxylation is 1. The van der Waals surface area contributed by atoms with Crippen molar-refractivity contribution in [1.82, 2.24) is 20.3 Å². The van der Waals surface area contributed by atoms with Crippen LogP contribution in [0, 0.1) is 6.92 Å². The molecule has 1 amide bonds. The molecule has 0 radical (unpaired) electrons. The number of nitrogens with one attached hydrogen (secondary N) is 2. The Hall–Kier alpha value is -2.91. The molecule has 0 saturated heterocycles. The van der Waals surface area contributed by atoms with E-state index in [-0.39, 0.29) is 11.7 Å². The molecule has 0 spiro atoms. The second kappa shape index (κ2) is 7.77. The maximum atomic E-state index is 12.1. The Labute approximate surface area is 163 Å². The SMILES string of the molecule is Cc1ccc(-c2cc(NC(=O)CSc3n[nH]c(-c4cccs4)n3)on2)cc1. The molecule has 136 valence electrons. The van der Waals surface area contributed by atoms with E-state index in [1.54, 1.807) is 17.4 Å². The first kappa shape index (κ1) is 17.5. The molecule has 0 aliphatic heterocycles. The van der Waals surface area contributed by atoms with Crippen LogP contribution in [-0.4, -0.2) is 32.0 Å². The lowest BCUT2D eigenvalue weighted by molar-refractivity contribution is -0.113. The number of H-pyrrole nitrogens is 1. The number of benzene rings is 1. The molecule has 0 fully saturated rings. The van der Waals surface area contributed by atoms with Crippen LogP contribution in [0.2, 0.25) is 0 Å². The summed E-state index contributed by atoms with van der Waals surface area (Å²) in [6.45, 7) is 2.02. The fraction of sp³-hybridized carbons (Fsp3) is 0.111. The molecule has 9 heteroatoms. The van der Waals surface area contributed by atoms with Crippen LogP contribution in [0.25, 0.3) is 22.0 Å². The Kier molecular flexibility index (Phi) is 5.03. The number of hydrogen-bond acceptors (Lipinski definition) is 7. The Morgan fingerprint density at radius 2 is 2.15 bits per heavy atom. The molecule has 0 aliphatic rings. The summed E-state index contributed by atoms with van der Waals surface area (Å²) in [6, 6.07) is 13.5. The number of aromatic nitrogens is 4. The summed E-state index contributed by atoms with van der Waals surface area (Å²) in [7, 11) is 0. The van der Waals surface area contributed by atoms with Gasteiger partial charge in [-0.1, -0.05) is 52.8 Å². The van der Waals surface area contributed by atoms with Crippen LogP contribution in [-0.2, 0) is 4.79 Å². The van der Waals surface area contributed by atoms with Crippen molar-refractivity contribution in [2.75, 3.05) is 11.1 Å². The molecule has 3 heterocycles. The largest absolute Gasteiger partial charge is 0.338 e. The first-order chi connectivity index (χ1) is 13.2. The van der Waals surface area contributed by atoms with Crippen LogP contribution in [0.1, 0.15) is 5.56 Å². The molecular weight excluding hydrogens is 382 g/mol. The van der Waals surface area contributed by atoms with Crippen LogP contribution >= 0.6 is 23.1 Å².